The summed E-state index contributed by atoms with van der Waals surface area (Å²) in [6.45, 7) is 4.80. The van der Waals surface area contributed by atoms with Crippen LogP contribution in [0.2, 0.25) is 0 Å². The molecule has 3 nitrogen and oxygen atoms in total. The average molecular weight is 139 g/mol. The van der Waals surface area contributed by atoms with E-state index in [0.717, 1.165) is 26.1 Å². The van der Waals surface area contributed by atoms with E-state index in [4.69, 9.17) is 0 Å². The van der Waals surface area contributed by atoms with E-state index in [1.165, 1.54) is 0 Å². The Morgan fingerprint density at radius 2 is 2.40 bits per heavy atom. The lowest BCUT2D eigenvalue weighted by molar-refractivity contribution is 0.299. The Balaban J connectivity index is 2.36. The molecule has 0 aromatic rings. The van der Waals surface area contributed by atoms with E-state index < -0.39 is 0 Å². The summed E-state index contributed by atoms with van der Waals surface area (Å²) >= 11 is 0. The summed E-state index contributed by atoms with van der Waals surface area (Å²) in [5.41, 5.74) is 0. The van der Waals surface area contributed by atoms with Gasteiger partial charge in [-0.2, -0.15) is 5.11 Å². The van der Waals surface area contributed by atoms with Crippen LogP contribution < -0.4 is 0 Å². The van der Waals surface area contributed by atoms with Gasteiger partial charge in [-0.05, 0) is 6.42 Å². The third kappa shape index (κ3) is 2.17. The first-order chi connectivity index (χ1) is 4.93. The fourth-order valence-corrected chi connectivity index (χ4v) is 0.874. The lowest BCUT2D eigenvalue weighted by Crippen LogP contribution is -2.16. The van der Waals surface area contributed by atoms with Gasteiger partial charge >= 0.3 is 0 Å². The summed E-state index contributed by atoms with van der Waals surface area (Å²) in [6, 6.07) is 0. The van der Waals surface area contributed by atoms with Gasteiger partial charge in [0.2, 0.25) is 0 Å². The molecule has 0 atom stereocenters. The molecule has 0 amide bonds. The third-order valence-corrected chi connectivity index (χ3v) is 1.34. The molecule has 0 fully saturated rings. The number of nitrogens with zero attached hydrogens (tertiary/aromatic N) is 3. The van der Waals surface area contributed by atoms with Gasteiger partial charge in [0, 0.05) is 6.54 Å². The number of rotatable bonds is 2. The maximum Gasteiger partial charge on any atom is 0.0802 e. The lowest BCUT2D eigenvalue weighted by atomic mass is 10.4. The van der Waals surface area contributed by atoms with Crippen LogP contribution in [-0.2, 0) is 0 Å². The minimum atomic E-state index is 0.736. The summed E-state index contributed by atoms with van der Waals surface area (Å²) < 4.78 is 0. The zero-order chi connectivity index (χ0) is 7.23. The van der Waals surface area contributed by atoms with Crippen molar-refractivity contribution in [1.29, 1.82) is 0 Å². The highest BCUT2D eigenvalue weighted by molar-refractivity contribution is 4.87. The average Bonchev–Trinajstić information content (AvgIpc) is 2.17. The minimum absolute atomic E-state index is 0.736. The molecular formula is C7H13N3. The highest BCUT2D eigenvalue weighted by Crippen LogP contribution is 1.97. The third-order valence-electron chi connectivity index (χ3n) is 1.34. The van der Waals surface area contributed by atoms with E-state index in [1.54, 1.807) is 0 Å². The van der Waals surface area contributed by atoms with E-state index in [9.17, 15) is 0 Å². The van der Waals surface area contributed by atoms with Gasteiger partial charge in [0.25, 0.3) is 0 Å². The quantitative estimate of drug-likeness (QED) is 0.534. The van der Waals surface area contributed by atoms with Crippen LogP contribution in [0.25, 0.3) is 0 Å². The minimum Gasteiger partial charge on any atom is -0.275 e. The first-order valence-corrected chi connectivity index (χ1v) is 3.71. The Morgan fingerprint density at radius 3 is 3.20 bits per heavy atom. The van der Waals surface area contributed by atoms with E-state index in [-0.39, 0.29) is 0 Å². The molecular weight excluding hydrogens is 126 g/mol. The number of hydrogen-bond acceptors (Lipinski definition) is 3. The second-order valence-electron chi connectivity index (χ2n) is 2.30. The Bertz CT molecular complexity index is 140. The van der Waals surface area contributed by atoms with Crippen molar-refractivity contribution in [1.82, 2.24) is 5.01 Å². The molecule has 0 unspecified atom stereocenters. The largest absolute Gasteiger partial charge is 0.275 e. The zero-order valence-corrected chi connectivity index (χ0v) is 6.32. The van der Waals surface area contributed by atoms with Crippen molar-refractivity contribution in [2.45, 2.75) is 13.3 Å². The van der Waals surface area contributed by atoms with Crippen LogP contribution in [0.3, 0.4) is 0 Å². The summed E-state index contributed by atoms with van der Waals surface area (Å²) in [6.07, 6.45) is 5.28. The fourth-order valence-electron chi connectivity index (χ4n) is 0.874. The molecule has 0 radical (unpaired) electrons. The van der Waals surface area contributed by atoms with Crippen molar-refractivity contribution in [2.75, 3.05) is 19.6 Å². The van der Waals surface area contributed by atoms with Gasteiger partial charge in [-0.15, -0.1) is 0 Å². The SMILES string of the molecule is CCCN1CC=CCN=N1. The summed E-state index contributed by atoms with van der Waals surface area (Å²) in [5.74, 6) is 0. The molecule has 3 heteroatoms. The second-order valence-corrected chi connectivity index (χ2v) is 2.30. The Kier molecular flexibility index (Phi) is 2.93. The molecule has 0 saturated heterocycles. The molecule has 1 aliphatic heterocycles. The maximum absolute atomic E-state index is 4.01. The molecule has 1 aliphatic rings. The number of hydrogen-bond donors (Lipinski definition) is 0. The van der Waals surface area contributed by atoms with E-state index in [2.05, 4.69) is 23.3 Å². The molecule has 0 saturated carbocycles. The van der Waals surface area contributed by atoms with Crippen molar-refractivity contribution in [3.05, 3.63) is 12.2 Å². The van der Waals surface area contributed by atoms with Crippen molar-refractivity contribution in [2.24, 2.45) is 10.3 Å². The molecule has 10 heavy (non-hydrogen) atoms. The van der Waals surface area contributed by atoms with Gasteiger partial charge in [0.15, 0.2) is 0 Å². The van der Waals surface area contributed by atoms with Crippen LogP contribution in [0, 0.1) is 0 Å². The second kappa shape index (κ2) is 4.04. The van der Waals surface area contributed by atoms with Crippen LogP contribution in [0.1, 0.15) is 13.3 Å². The highest BCUT2D eigenvalue weighted by atomic mass is 15.5. The van der Waals surface area contributed by atoms with E-state index in [0.29, 0.717) is 0 Å². The fraction of sp³-hybridized carbons (Fsp3) is 0.714. The van der Waals surface area contributed by atoms with Crippen LogP contribution in [0.4, 0.5) is 0 Å². The standard InChI is InChI=1S/C7H13N3/c1-2-6-10-7-4-3-5-8-9-10/h3-4H,2,5-7H2,1H3. The predicted molar refractivity (Wildman–Crippen MR) is 40.7 cm³/mol. The normalized spacial score (nSPS) is 17.5. The van der Waals surface area contributed by atoms with E-state index in [1.807, 2.05) is 11.1 Å². The Morgan fingerprint density at radius 1 is 1.50 bits per heavy atom. The van der Waals surface area contributed by atoms with Gasteiger partial charge < -0.3 is 0 Å². The van der Waals surface area contributed by atoms with Gasteiger partial charge in [-0.25, -0.2) is 0 Å². The van der Waals surface area contributed by atoms with Crippen LogP contribution in [0.15, 0.2) is 22.5 Å². The predicted octanol–water partition coefficient (Wildman–Crippen LogP) is 1.64. The summed E-state index contributed by atoms with van der Waals surface area (Å²) in [5, 5.41) is 9.92. The zero-order valence-electron chi connectivity index (χ0n) is 6.32. The van der Waals surface area contributed by atoms with Crippen molar-refractivity contribution in [3.63, 3.8) is 0 Å². The first kappa shape index (κ1) is 7.25. The highest BCUT2D eigenvalue weighted by Gasteiger charge is 1.97. The Labute approximate surface area is 61.4 Å². The van der Waals surface area contributed by atoms with E-state index >= 15 is 0 Å². The monoisotopic (exact) mass is 139 g/mol. The van der Waals surface area contributed by atoms with Gasteiger partial charge in [-0.1, -0.05) is 24.3 Å². The molecule has 0 aromatic heterocycles. The lowest BCUT2D eigenvalue weighted by Gasteiger charge is -2.12. The van der Waals surface area contributed by atoms with Gasteiger partial charge in [-0.3, -0.25) is 5.01 Å². The molecule has 56 valence electrons. The first-order valence-electron chi connectivity index (χ1n) is 3.71. The van der Waals surface area contributed by atoms with Crippen molar-refractivity contribution in [3.8, 4) is 0 Å². The molecule has 0 aliphatic carbocycles. The molecule has 1 rings (SSSR count). The molecule has 1 heterocycles. The van der Waals surface area contributed by atoms with Gasteiger partial charge in [0.05, 0.1) is 13.1 Å². The van der Waals surface area contributed by atoms with Gasteiger partial charge in [0.1, 0.15) is 0 Å². The van der Waals surface area contributed by atoms with Crippen LogP contribution in [-0.4, -0.2) is 24.6 Å². The molecule has 0 N–H and O–H groups in total. The molecule has 0 aromatic carbocycles. The molecule has 0 bridgehead atoms. The maximum atomic E-state index is 4.01. The Hall–Kier alpha value is -0.860. The smallest absolute Gasteiger partial charge is 0.0802 e. The van der Waals surface area contributed by atoms with Crippen molar-refractivity contribution < 1.29 is 0 Å². The topological polar surface area (TPSA) is 28.0 Å². The summed E-state index contributed by atoms with van der Waals surface area (Å²) in [7, 11) is 0. The van der Waals surface area contributed by atoms with Crippen LogP contribution in [0.5, 0.6) is 0 Å². The molecule has 0 spiro atoms. The van der Waals surface area contributed by atoms with Crippen LogP contribution >= 0.6 is 0 Å². The summed E-state index contributed by atoms with van der Waals surface area (Å²) in [4.78, 5) is 0. The van der Waals surface area contributed by atoms with Crippen molar-refractivity contribution >= 4 is 0 Å².